The van der Waals surface area contributed by atoms with Crippen LogP contribution in [0, 0.1) is 0 Å². The molecule has 0 unspecified atom stereocenters. The highest BCUT2D eigenvalue weighted by molar-refractivity contribution is 5.98. The Bertz CT molecular complexity index is 2410. The standard InChI is InChI=1S/C44H46N12/c1-5-17-53-25-45-21-37(53)41-29-9-11-31(49-29)42(38-22-46-26-54(38)18-6-2)33-13-15-35(51-33)44(40-24-48-28-56(40)20-8-4)36-16-14-34(52-36)43(32-12-10-30(41)50-32)39-23-47-27-55(39)19-7-3/h9-16,21-28,49,52H,5-8,17-20H2,1-4H3. The number of imidazole rings is 4. The van der Waals surface area contributed by atoms with Crippen molar-refractivity contribution in [1.29, 1.82) is 0 Å². The van der Waals surface area contributed by atoms with Gasteiger partial charge in [0.05, 0.1) is 118 Å². The van der Waals surface area contributed by atoms with E-state index in [1.165, 1.54) is 0 Å². The van der Waals surface area contributed by atoms with E-state index in [9.17, 15) is 0 Å². The van der Waals surface area contributed by atoms with Gasteiger partial charge in [-0.3, -0.25) is 0 Å². The molecule has 56 heavy (non-hydrogen) atoms. The van der Waals surface area contributed by atoms with E-state index in [1.807, 2.05) is 50.1 Å². The quantitative estimate of drug-likeness (QED) is 0.128. The molecular weight excluding hydrogens is 697 g/mol. The minimum Gasteiger partial charge on any atom is -0.354 e. The number of H-pyrrole nitrogens is 2. The van der Waals surface area contributed by atoms with E-state index >= 15 is 0 Å². The van der Waals surface area contributed by atoms with Crippen LogP contribution in [0.5, 0.6) is 0 Å². The Kier molecular flexibility index (Phi) is 9.38. The van der Waals surface area contributed by atoms with Crippen LogP contribution in [0.3, 0.4) is 0 Å². The number of hydrogen-bond acceptors (Lipinski definition) is 6. The van der Waals surface area contributed by atoms with Crippen molar-refractivity contribution in [2.24, 2.45) is 0 Å². The lowest BCUT2D eigenvalue weighted by Crippen LogP contribution is -2.00. The fourth-order valence-corrected chi connectivity index (χ4v) is 8.08. The summed E-state index contributed by atoms with van der Waals surface area (Å²) in [6, 6.07) is 8.62. The molecule has 9 rings (SSSR count). The van der Waals surface area contributed by atoms with E-state index in [0.717, 1.165) is 142 Å². The first-order valence-corrected chi connectivity index (χ1v) is 19.8. The van der Waals surface area contributed by atoms with Crippen LogP contribution in [0.4, 0.5) is 0 Å². The lowest BCUT2D eigenvalue weighted by Gasteiger charge is -2.10. The number of aryl methyl sites for hydroxylation is 4. The number of nitrogens with one attached hydrogen (secondary N) is 2. The molecule has 12 nitrogen and oxygen atoms in total. The van der Waals surface area contributed by atoms with Gasteiger partial charge >= 0.3 is 0 Å². The third-order valence-corrected chi connectivity index (χ3v) is 10.5. The van der Waals surface area contributed by atoms with Gasteiger partial charge in [0.15, 0.2) is 0 Å². The Morgan fingerprint density at radius 2 is 0.643 bits per heavy atom. The first-order valence-electron chi connectivity index (χ1n) is 19.8. The summed E-state index contributed by atoms with van der Waals surface area (Å²) in [5.74, 6) is 0. The molecule has 0 aromatic carbocycles. The molecule has 0 saturated heterocycles. The minimum absolute atomic E-state index is 0.836. The summed E-state index contributed by atoms with van der Waals surface area (Å²) in [5.41, 5.74) is 15.1. The fraction of sp³-hybridized carbons (Fsp3) is 0.273. The number of fused-ring (bicyclic) bond motifs is 8. The molecule has 0 spiro atoms. The van der Waals surface area contributed by atoms with Crippen LogP contribution in [0.1, 0.15) is 76.2 Å². The van der Waals surface area contributed by atoms with Gasteiger partial charge in [0, 0.05) is 48.4 Å². The molecule has 7 aromatic heterocycles. The van der Waals surface area contributed by atoms with Crippen LogP contribution in [0.2, 0.25) is 0 Å². The molecular formula is C44H46N12. The Balaban J connectivity index is 1.47. The van der Waals surface area contributed by atoms with Crippen LogP contribution in [0.25, 0.3) is 91.4 Å². The number of rotatable bonds is 12. The Morgan fingerprint density at radius 1 is 0.393 bits per heavy atom. The third kappa shape index (κ3) is 6.11. The second-order valence-electron chi connectivity index (χ2n) is 14.4. The molecule has 2 aliphatic rings. The average molecular weight is 743 g/mol. The number of aromatic amines is 2. The molecule has 2 N–H and O–H groups in total. The normalized spacial score (nSPS) is 12.4. The monoisotopic (exact) mass is 742 g/mol. The van der Waals surface area contributed by atoms with Crippen molar-refractivity contribution in [1.82, 2.24) is 58.1 Å². The summed E-state index contributed by atoms with van der Waals surface area (Å²) in [6.07, 6.45) is 27.9. The van der Waals surface area contributed by atoms with Gasteiger partial charge in [-0.15, -0.1) is 0 Å². The van der Waals surface area contributed by atoms with E-state index in [-0.39, 0.29) is 0 Å². The fourth-order valence-electron chi connectivity index (χ4n) is 8.08. The largest absolute Gasteiger partial charge is 0.354 e. The van der Waals surface area contributed by atoms with E-state index in [0.29, 0.717) is 0 Å². The van der Waals surface area contributed by atoms with Crippen LogP contribution >= 0.6 is 0 Å². The zero-order valence-electron chi connectivity index (χ0n) is 32.4. The Labute approximate surface area is 325 Å². The molecule has 0 atom stereocenters. The maximum absolute atomic E-state index is 5.46. The van der Waals surface area contributed by atoms with Crippen molar-refractivity contribution in [2.45, 2.75) is 79.6 Å². The highest BCUT2D eigenvalue weighted by Crippen LogP contribution is 2.38. The van der Waals surface area contributed by atoms with Crippen LogP contribution in [-0.4, -0.2) is 58.1 Å². The van der Waals surface area contributed by atoms with E-state index < -0.39 is 0 Å². The average Bonchev–Trinajstić information content (AvgIpc) is 4.04. The van der Waals surface area contributed by atoms with E-state index in [4.69, 9.17) is 9.97 Å². The van der Waals surface area contributed by atoms with Crippen LogP contribution in [-0.2, 0) is 26.2 Å². The highest BCUT2D eigenvalue weighted by atomic mass is 15.1. The lowest BCUT2D eigenvalue weighted by molar-refractivity contribution is 0.684. The molecule has 0 aliphatic carbocycles. The molecule has 0 radical (unpaired) electrons. The van der Waals surface area contributed by atoms with Gasteiger partial charge in [-0.25, -0.2) is 29.9 Å². The lowest BCUT2D eigenvalue weighted by atomic mass is 10.1. The van der Waals surface area contributed by atoms with Crippen molar-refractivity contribution in [3.8, 4) is 45.0 Å². The summed E-state index contributed by atoms with van der Waals surface area (Å²) in [4.78, 5) is 37.1. The molecule has 12 heteroatoms. The maximum Gasteiger partial charge on any atom is 0.0950 e. The first kappa shape index (κ1) is 35.2. The van der Waals surface area contributed by atoms with E-state index in [2.05, 4.69) is 124 Å². The zero-order valence-corrected chi connectivity index (χ0v) is 32.4. The smallest absolute Gasteiger partial charge is 0.0950 e. The summed E-state index contributed by atoms with van der Waals surface area (Å²) in [5, 5.41) is 0. The number of aromatic nitrogens is 12. The van der Waals surface area contributed by atoms with Crippen LogP contribution in [0.15, 0.2) is 74.4 Å². The Hall–Kier alpha value is -6.56. The van der Waals surface area contributed by atoms with E-state index in [1.54, 1.807) is 0 Å². The van der Waals surface area contributed by atoms with Gasteiger partial charge < -0.3 is 28.2 Å². The van der Waals surface area contributed by atoms with Crippen molar-refractivity contribution in [3.05, 3.63) is 97.1 Å². The summed E-state index contributed by atoms with van der Waals surface area (Å²) < 4.78 is 8.86. The van der Waals surface area contributed by atoms with Gasteiger partial charge in [0.25, 0.3) is 0 Å². The van der Waals surface area contributed by atoms with Crippen LogP contribution < -0.4 is 0 Å². The minimum atomic E-state index is 0.836. The van der Waals surface area contributed by atoms with Gasteiger partial charge in [-0.2, -0.15) is 0 Å². The molecule has 0 fully saturated rings. The maximum atomic E-state index is 5.46. The molecule has 282 valence electrons. The second kappa shape index (κ2) is 14.9. The predicted octanol–water partition coefficient (Wildman–Crippen LogP) is 9.75. The number of nitrogens with zero attached hydrogens (tertiary/aromatic N) is 10. The van der Waals surface area contributed by atoms with Crippen molar-refractivity contribution in [3.63, 3.8) is 0 Å². The topological polar surface area (TPSA) is 129 Å². The molecule has 0 saturated carbocycles. The third-order valence-electron chi connectivity index (χ3n) is 10.5. The predicted molar refractivity (Wildman–Crippen MR) is 225 cm³/mol. The first-order chi connectivity index (χ1) is 27.6. The Morgan fingerprint density at radius 3 is 0.875 bits per heavy atom. The summed E-state index contributed by atoms with van der Waals surface area (Å²) in [6.45, 7) is 12.1. The second-order valence-corrected chi connectivity index (χ2v) is 14.4. The zero-order chi connectivity index (χ0) is 38.2. The van der Waals surface area contributed by atoms with Crippen molar-refractivity contribution >= 4 is 46.4 Å². The SMILES string of the molecule is CCCn1cncc1-c1c2nc(c(-c3cncn3CCC)c3ccc([nH]3)c(-c3cncn3CCC)c3nc(c(-c4cncn4CCC)c4ccc1[nH]4)C=C3)C=C2. The molecule has 7 aromatic rings. The van der Waals surface area contributed by atoms with Gasteiger partial charge in [0.2, 0.25) is 0 Å². The van der Waals surface area contributed by atoms with Gasteiger partial charge in [0.1, 0.15) is 0 Å². The van der Waals surface area contributed by atoms with Crippen molar-refractivity contribution < 1.29 is 0 Å². The molecule has 0 amide bonds. The molecule has 8 bridgehead atoms. The summed E-state index contributed by atoms with van der Waals surface area (Å²) in [7, 11) is 0. The highest BCUT2D eigenvalue weighted by Gasteiger charge is 2.22. The number of hydrogen-bond donors (Lipinski definition) is 2. The van der Waals surface area contributed by atoms with Crippen molar-refractivity contribution in [2.75, 3.05) is 0 Å². The van der Waals surface area contributed by atoms with Gasteiger partial charge in [-0.05, 0) is 74.3 Å². The molecule has 9 heterocycles. The molecule has 2 aliphatic heterocycles. The van der Waals surface area contributed by atoms with Gasteiger partial charge in [-0.1, -0.05) is 27.7 Å². The summed E-state index contributed by atoms with van der Waals surface area (Å²) >= 11 is 0.